The maximum Gasteiger partial charge on any atom is 0.214 e. The van der Waals surface area contributed by atoms with E-state index in [1.165, 1.54) is 0 Å². The highest BCUT2D eigenvalue weighted by Gasteiger charge is 2.38. The van der Waals surface area contributed by atoms with Gasteiger partial charge in [-0.25, -0.2) is 8.42 Å². The molecule has 0 aliphatic rings. The zero-order valence-electron chi connectivity index (χ0n) is 11.0. The van der Waals surface area contributed by atoms with E-state index in [2.05, 4.69) is 0 Å². The Morgan fingerprint density at radius 1 is 1.12 bits per heavy atom. The minimum absolute atomic E-state index is 0.211. The summed E-state index contributed by atoms with van der Waals surface area (Å²) in [4.78, 5) is 0. The van der Waals surface area contributed by atoms with Gasteiger partial charge in [0, 0.05) is 18.6 Å². The van der Waals surface area contributed by atoms with Crippen molar-refractivity contribution in [1.82, 2.24) is 4.31 Å². The van der Waals surface area contributed by atoms with Crippen LogP contribution < -0.4 is 5.73 Å². The zero-order valence-corrected chi connectivity index (χ0v) is 11.8. The topological polar surface area (TPSA) is 63.4 Å². The van der Waals surface area contributed by atoms with Crippen molar-refractivity contribution in [2.45, 2.75) is 52.5 Å². The number of rotatable bonds is 8. The van der Waals surface area contributed by atoms with Gasteiger partial charge in [-0.1, -0.05) is 27.7 Å². The Bertz CT molecular complexity index is 276. The van der Waals surface area contributed by atoms with Crippen LogP contribution in [0, 0.1) is 0 Å². The largest absolute Gasteiger partial charge is 0.329 e. The summed E-state index contributed by atoms with van der Waals surface area (Å²) in [5.41, 5.74) is 5.39. The van der Waals surface area contributed by atoms with Crippen LogP contribution in [0.1, 0.15) is 47.0 Å². The molecule has 0 amide bonds. The van der Waals surface area contributed by atoms with Crippen LogP contribution in [0.15, 0.2) is 0 Å². The third-order valence-corrected chi connectivity index (χ3v) is 5.55. The van der Waals surface area contributed by atoms with Crippen LogP contribution in [0.25, 0.3) is 0 Å². The SMILES string of the molecule is CCCS(=O)(=O)N(CC)C(CC)(CC)CN. The summed E-state index contributed by atoms with van der Waals surface area (Å²) in [7, 11) is -3.16. The van der Waals surface area contributed by atoms with Crippen molar-refractivity contribution in [2.24, 2.45) is 5.73 Å². The standard InChI is InChI=1S/C11H26N2O2S/c1-5-9-16(14,15)13(8-4)11(6-2,7-3)10-12/h5-10,12H2,1-4H3. The normalized spacial score (nSPS) is 13.4. The molecule has 0 saturated heterocycles. The van der Waals surface area contributed by atoms with E-state index in [1.54, 1.807) is 4.31 Å². The van der Waals surface area contributed by atoms with Crippen LogP contribution in [0.4, 0.5) is 0 Å². The summed E-state index contributed by atoms with van der Waals surface area (Å²) >= 11 is 0. The quantitative estimate of drug-likeness (QED) is 0.711. The van der Waals surface area contributed by atoms with E-state index in [9.17, 15) is 8.42 Å². The van der Waals surface area contributed by atoms with E-state index in [-0.39, 0.29) is 5.75 Å². The van der Waals surface area contributed by atoms with Gasteiger partial charge in [0.15, 0.2) is 0 Å². The highest BCUT2D eigenvalue weighted by Crippen LogP contribution is 2.26. The fourth-order valence-electron chi connectivity index (χ4n) is 2.19. The highest BCUT2D eigenvalue weighted by atomic mass is 32.2. The molecule has 0 aliphatic heterocycles. The van der Waals surface area contributed by atoms with E-state index in [1.807, 2.05) is 27.7 Å². The van der Waals surface area contributed by atoms with Gasteiger partial charge in [0.05, 0.1) is 5.75 Å². The number of nitrogens with two attached hydrogens (primary N) is 1. The average molecular weight is 250 g/mol. The second-order valence-electron chi connectivity index (χ2n) is 4.12. The Balaban J connectivity index is 5.24. The lowest BCUT2D eigenvalue weighted by atomic mass is 9.93. The molecular weight excluding hydrogens is 224 g/mol. The molecule has 0 aromatic rings. The van der Waals surface area contributed by atoms with Crippen molar-refractivity contribution >= 4 is 10.0 Å². The molecule has 0 fully saturated rings. The van der Waals surface area contributed by atoms with E-state index in [0.717, 1.165) is 12.8 Å². The first-order valence-electron chi connectivity index (χ1n) is 6.14. The Kier molecular flexibility index (Phi) is 6.51. The summed E-state index contributed by atoms with van der Waals surface area (Å²) in [5.74, 6) is 0.211. The monoisotopic (exact) mass is 250 g/mol. The molecule has 2 N–H and O–H groups in total. The molecule has 5 heteroatoms. The van der Waals surface area contributed by atoms with Crippen LogP contribution in [0.2, 0.25) is 0 Å². The lowest BCUT2D eigenvalue weighted by molar-refractivity contribution is 0.184. The first-order chi connectivity index (χ1) is 7.44. The number of hydrogen-bond acceptors (Lipinski definition) is 3. The van der Waals surface area contributed by atoms with Crippen LogP contribution in [0.5, 0.6) is 0 Å². The smallest absolute Gasteiger partial charge is 0.214 e. The lowest BCUT2D eigenvalue weighted by Crippen LogP contribution is -2.56. The van der Waals surface area contributed by atoms with Crippen LogP contribution in [-0.2, 0) is 10.0 Å². The van der Waals surface area contributed by atoms with Gasteiger partial charge in [-0.3, -0.25) is 0 Å². The number of nitrogens with zero attached hydrogens (tertiary/aromatic N) is 1. The van der Waals surface area contributed by atoms with Gasteiger partial charge < -0.3 is 5.73 Å². The first-order valence-corrected chi connectivity index (χ1v) is 7.75. The molecule has 0 bridgehead atoms. The summed E-state index contributed by atoms with van der Waals surface area (Å²) in [6, 6.07) is 0. The molecule has 0 saturated carbocycles. The van der Waals surface area contributed by atoms with Gasteiger partial charge >= 0.3 is 0 Å². The molecule has 0 unspecified atom stereocenters. The summed E-state index contributed by atoms with van der Waals surface area (Å²) in [6.07, 6.45) is 2.17. The second-order valence-corrected chi connectivity index (χ2v) is 6.13. The molecule has 0 heterocycles. The summed E-state index contributed by atoms with van der Waals surface area (Å²) < 4.78 is 25.9. The molecule has 16 heavy (non-hydrogen) atoms. The van der Waals surface area contributed by atoms with Gasteiger partial charge in [0.2, 0.25) is 10.0 Å². The van der Waals surface area contributed by atoms with Gasteiger partial charge in [-0.05, 0) is 19.3 Å². The van der Waals surface area contributed by atoms with Gasteiger partial charge in [-0.15, -0.1) is 0 Å². The maximum atomic E-state index is 12.2. The van der Waals surface area contributed by atoms with E-state index in [4.69, 9.17) is 5.73 Å². The maximum absolute atomic E-state index is 12.2. The highest BCUT2D eigenvalue weighted by molar-refractivity contribution is 7.89. The van der Waals surface area contributed by atoms with Gasteiger partial charge in [-0.2, -0.15) is 4.31 Å². The van der Waals surface area contributed by atoms with Crippen LogP contribution in [-0.4, -0.2) is 37.1 Å². The molecule has 0 atom stereocenters. The van der Waals surface area contributed by atoms with Crippen LogP contribution in [0.3, 0.4) is 0 Å². The lowest BCUT2D eigenvalue weighted by Gasteiger charge is -2.40. The average Bonchev–Trinajstić information content (AvgIpc) is 2.25. The fraction of sp³-hybridized carbons (Fsp3) is 1.00. The van der Waals surface area contributed by atoms with E-state index >= 15 is 0 Å². The van der Waals surface area contributed by atoms with Gasteiger partial charge in [0.25, 0.3) is 0 Å². The molecule has 98 valence electrons. The Morgan fingerprint density at radius 3 is 1.88 bits per heavy atom. The summed E-state index contributed by atoms with van der Waals surface area (Å²) in [6.45, 7) is 8.65. The van der Waals surface area contributed by atoms with Crippen molar-refractivity contribution < 1.29 is 8.42 Å². The predicted molar refractivity (Wildman–Crippen MR) is 68.8 cm³/mol. The fourth-order valence-corrected chi connectivity index (χ4v) is 4.24. The van der Waals surface area contributed by atoms with Crippen molar-refractivity contribution in [3.05, 3.63) is 0 Å². The molecule has 4 nitrogen and oxygen atoms in total. The molecule has 0 radical (unpaired) electrons. The molecule has 0 spiro atoms. The third-order valence-electron chi connectivity index (χ3n) is 3.31. The number of sulfonamides is 1. The Morgan fingerprint density at radius 2 is 1.62 bits per heavy atom. The Labute approximate surface area is 100 Å². The molecule has 0 aromatic heterocycles. The minimum Gasteiger partial charge on any atom is -0.329 e. The van der Waals surface area contributed by atoms with Crippen molar-refractivity contribution in [3.8, 4) is 0 Å². The second kappa shape index (κ2) is 6.57. The summed E-state index contributed by atoms with van der Waals surface area (Å²) in [5, 5.41) is 0. The van der Waals surface area contributed by atoms with E-state index in [0.29, 0.717) is 19.5 Å². The molecule has 0 aliphatic carbocycles. The minimum atomic E-state index is -3.16. The first kappa shape index (κ1) is 15.9. The van der Waals surface area contributed by atoms with Crippen molar-refractivity contribution in [2.75, 3.05) is 18.8 Å². The van der Waals surface area contributed by atoms with E-state index < -0.39 is 15.6 Å². The molecule has 0 aromatic carbocycles. The molecule has 0 rings (SSSR count). The van der Waals surface area contributed by atoms with Gasteiger partial charge in [0.1, 0.15) is 0 Å². The van der Waals surface area contributed by atoms with Crippen LogP contribution >= 0.6 is 0 Å². The predicted octanol–water partition coefficient (Wildman–Crippen LogP) is 1.57. The third kappa shape index (κ3) is 3.18. The zero-order chi connectivity index (χ0) is 12.8. The molecular formula is C11H26N2O2S. The van der Waals surface area contributed by atoms with Crippen molar-refractivity contribution in [1.29, 1.82) is 0 Å². The Hall–Kier alpha value is -0.130. The number of likely N-dealkylation sites (N-methyl/N-ethyl adjacent to an activating group) is 1. The van der Waals surface area contributed by atoms with Crippen molar-refractivity contribution in [3.63, 3.8) is 0 Å². The number of hydrogen-bond donors (Lipinski definition) is 1.